The second-order valence-electron chi connectivity index (χ2n) is 5.54. The first-order valence-electron chi connectivity index (χ1n) is 7.55. The van der Waals surface area contributed by atoms with Gasteiger partial charge in [0.05, 0.1) is 11.6 Å². The summed E-state index contributed by atoms with van der Waals surface area (Å²) >= 11 is 0. The van der Waals surface area contributed by atoms with Crippen LogP contribution in [0.2, 0.25) is 0 Å². The zero-order valence-corrected chi connectivity index (χ0v) is 13.3. The summed E-state index contributed by atoms with van der Waals surface area (Å²) in [7, 11) is 1.86. The normalized spacial score (nSPS) is 10.9. The van der Waals surface area contributed by atoms with Crippen LogP contribution in [0.5, 0.6) is 0 Å². The third-order valence-electron chi connectivity index (χ3n) is 3.79. The van der Waals surface area contributed by atoms with E-state index in [0.717, 1.165) is 16.8 Å². The standard InChI is InChI=1S/C17H14N6O2/c1-22-10-12(9-19-22)11-4-2-5-13(8-11)20-15-14-6-3-7-18-16(14)23(25)17(24)21-15/h2-10,25H,1H3,(H,20,21,24). The smallest absolute Gasteiger partial charge is 0.384 e. The molecule has 0 aliphatic carbocycles. The Morgan fingerprint density at radius 3 is 2.84 bits per heavy atom. The Kier molecular flexibility index (Phi) is 3.42. The maximum Gasteiger partial charge on any atom is 0.384 e. The van der Waals surface area contributed by atoms with Gasteiger partial charge < -0.3 is 10.5 Å². The number of aryl methyl sites for hydroxylation is 1. The minimum Gasteiger partial charge on any atom is -0.422 e. The van der Waals surface area contributed by atoms with Gasteiger partial charge in [-0.25, -0.2) is 9.78 Å². The van der Waals surface area contributed by atoms with Gasteiger partial charge in [-0.05, 0) is 29.8 Å². The number of hydrogen-bond donors (Lipinski definition) is 2. The van der Waals surface area contributed by atoms with E-state index in [-0.39, 0.29) is 5.65 Å². The van der Waals surface area contributed by atoms with Crippen molar-refractivity contribution in [3.05, 3.63) is 65.5 Å². The fraction of sp³-hybridized carbons (Fsp3) is 0.0588. The Morgan fingerprint density at radius 2 is 2.04 bits per heavy atom. The van der Waals surface area contributed by atoms with E-state index in [2.05, 4.69) is 20.4 Å². The van der Waals surface area contributed by atoms with Crippen LogP contribution >= 0.6 is 0 Å². The Bertz CT molecular complexity index is 1130. The summed E-state index contributed by atoms with van der Waals surface area (Å²) in [5, 5.41) is 17.6. The molecule has 124 valence electrons. The van der Waals surface area contributed by atoms with E-state index in [1.165, 1.54) is 6.20 Å². The van der Waals surface area contributed by atoms with Crippen LogP contribution in [0.1, 0.15) is 0 Å². The van der Waals surface area contributed by atoms with Crippen LogP contribution in [0.3, 0.4) is 0 Å². The van der Waals surface area contributed by atoms with Crippen LogP contribution in [0, 0.1) is 0 Å². The molecular formula is C17H14N6O2. The molecule has 1 aromatic carbocycles. The van der Waals surface area contributed by atoms with Crippen molar-refractivity contribution in [1.29, 1.82) is 0 Å². The third-order valence-corrected chi connectivity index (χ3v) is 3.79. The predicted molar refractivity (Wildman–Crippen MR) is 92.9 cm³/mol. The molecule has 0 spiro atoms. The highest BCUT2D eigenvalue weighted by Gasteiger charge is 2.11. The molecule has 4 aromatic rings. The molecule has 0 aliphatic rings. The maximum atomic E-state index is 11.8. The molecule has 0 aliphatic heterocycles. The van der Waals surface area contributed by atoms with E-state index in [4.69, 9.17) is 0 Å². The maximum absolute atomic E-state index is 11.8. The van der Waals surface area contributed by atoms with Crippen molar-refractivity contribution in [2.24, 2.45) is 7.05 Å². The predicted octanol–water partition coefficient (Wildman–Crippen LogP) is 2.17. The van der Waals surface area contributed by atoms with Crippen molar-refractivity contribution in [2.75, 3.05) is 5.32 Å². The van der Waals surface area contributed by atoms with Gasteiger partial charge in [0.2, 0.25) is 0 Å². The lowest BCUT2D eigenvalue weighted by Gasteiger charge is -2.10. The van der Waals surface area contributed by atoms with Crippen molar-refractivity contribution >= 4 is 22.5 Å². The monoisotopic (exact) mass is 334 g/mol. The van der Waals surface area contributed by atoms with Crippen LogP contribution in [0.15, 0.2) is 59.8 Å². The molecule has 0 saturated heterocycles. The average molecular weight is 334 g/mol. The molecule has 2 N–H and O–H groups in total. The van der Waals surface area contributed by atoms with Crippen molar-refractivity contribution in [2.45, 2.75) is 0 Å². The topological polar surface area (TPSA) is 97.9 Å². The lowest BCUT2D eigenvalue weighted by Crippen LogP contribution is -2.23. The largest absolute Gasteiger partial charge is 0.422 e. The van der Waals surface area contributed by atoms with E-state index in [1.54, 1.807) is 23.0 Å². The lowest BCUT2D eigenvalue weighted by atomic mass is 10.1. The number of fused-ring (bicyclic) bond motifs is 1. The molecule has 0 bridgehead atoms. The molecule has 0 saturated carbocycles. The van der Waals surface area contributed by atoms with Crippen molar-refractivity contribution in [3.63, 3.8) is 0 Å². The zero-order valence-electron chi connectivity index (χ0n) is 13.3. The number of benzene rings is 1. The number of anilines is 2. The Hall–Kier alpha value is -3.68. The molecule has 25 heavy (non-hydrogen) atoms. The van der Waals surface area contributed by atoms with Gasteiger partial charge in [-0.3, -0.25) is 4.68 Å². The number of nitrogens with one attached hydrogen (secondary N) is 1. The fourth-order valence-electron chi connectivity index (χ4n) is 2.62. The molecule has 3 aromatic heterocycles. The second-order valence-corrected chi connectivity index (χ2v) is 5.54. The van der Waals surface area contributed by atoms with E-state index < -0.39 is 5.69 Å². The first kappa shape index (κ1) is 14.9. The summed E-state index contributed by atoms with van der Waals surface area (Å²) in [6.45, 7) is 0. The second kappa shape index (κ2) is 5.75. The zero-order chi connectivity index (χ0) is 17.4. The molecule has 8 nitrogen and oxygen atoms in total. The molecule has 0 atom stereocenters. The highest BCUT2D eigenvalue weighted by Crippen LogP contribution is 2.25. The SMILES string of the molecule is Cn1cc(-c2cccc(Nc3nc(=O)n(O)c4ncccc34)c2)cn1. The Labute approximate surface area is 142 Å². The van der Waals surface area contributed by atoms with Crippen molar-refractivity contribution in [3.8, 4) is 11.1 Å². The summed E-state index contributed by atoms with van der Waals surface area (Å²) in [6.07, 6.45) is 5.20. The molecular weight excluding hydrogens is 320 g/mol. The highest BCUT2D eigenvalue weighted by molar-refractivity contribution is 5.88. The summed E-state index contributed by atoms with van der Waals surface area (Å²) < 4.78 is 2.17. The molecule has 0 amide bonds. The number of rotatable bonds is 3. The minimum absolute atomic E-state index is 0.147. The summed E-state index contributed by atoms with van der Waals surface area (Å²) in [5.74, 6) is 0.335. The van der Waals surface area contributed by atoms with E-state index in [1.807, 2.05) is 37.5 Å². The van der Waals surface area contributed by atoms with E-state index in [0.29, 0.717) is 15.9 Å². The fourth-order valence-corrected chi connectivity index (χ4v) is 2.62. The van der Waals surface area contributed by atoms with Crippen LogP contribution in [-0.2, 0) is 7.05 Å². The Morgan fingerprint density at radius 1 is 1.16 bits per heavy atom. The van der Waals surface area contributed by atoms with Gasteiger partial charge in [0, 0.05) is 30.7 Å². The average Bonchev–Trinajstić information content (AvgIpc) is 3.06. The molecule has 8 heteroatoms. The van der Waals surface area contributed by atoms with Gasteiger partial charge in [0.25, 0.3) is 0 Å². The van der Waals surface area contributed by atoms with Crippen molar-refractivity contribution < 1.29 is 5.21 Å². The molecule has 4 rings (SSSR count). The van der Waals surface area contributed by atoms with Gasteiger partial charge >= 0.3 is 5.69 Å². The van der Waals surface area contributed by atoms with Crippen LogP contribution in [0.25, 0.3) is 22.2 Å². The first-order valence-corrected chi connectivity index (χ1v) is 7.55. The number of pyridine rings is 1. The quantitative estimate of drug-likeness (QED) is 0.557. The van der Waals surface area contributed by atoms with Gasteiger partial charge in [-0.15, -0.1) is 4.73 Å². The van der Waals surface area contributed by atoms with Gasteiger partial charge in [-0.2, -0.15) is 10.1 Å². The first-order chi connectivity index (χ1) is 12.1. The summed E-state index contributed by atoms with van der Waals surface area (Å²) in [6, 6.07) is 11.1. The molecule has 0 unspecified atom stereocenters. The highest BCUT2D eigenvalue weighted by atomic mass is 16.5. The Balaban J connectivity index is 1.77. The molecule has 3 heterocycles. The van der Waals surface area contributed by atoms with Gasteiger partial charge in [-0.1, -0.05) is 12.1 Å². The third kappa shape index (κ3) is 2.69. The van der Waals surface area contributed by atoms with Gasteiger partial charge in [0.15, 0.2) is 5.65 Å². The van der Waals surface area contributed by atoms with Crippen LogP contribution < -0.4 is 11.0 Å². The summed E-state index contributed by atoms with van der Waals surface area (Å²) in [4.78, 5) is 19.8. The number of nitrogens with zero attached hydrogens (tertiary/aromatic N) is 5. The van der Waals surface area contributed by atoms with Crippen LogP contribution in [0.4, 0.5) is 11.5 Å². The van der Waals surface area contributed by atoms with Crippen LogP contribution in [-0.4, -0.2) is 29.7 Å². The number of hydrogen-bond acceptors (Lipinski definition) is 6. The lowest BCUT2D eigenvalue weighted by molar-refractivity contribution is 0.182. The van der Waals surface area contributed by atoms with Gasteiger partial charge in [0.1, 0.15) is 5.82 Å². The van der Waals surface area contributed by atoms with E-state index in [9.17, 15) is 10.0 Å². The molecule has 0 fully saturated rings. The minimum atomic E-state index is -0.794. The van der Waals surface area contributed by atoms with E-state index >= 15 is 0 Å². The van der Waals surface area contributed by atoms with Crippen molar-refractivity contribution in [1.82, 2.24) is 24.5 Å². The number of aromatic nitrogens is 5. The molecule has 0 radical (unpaired) electrons. The summed E-state index contributed by atoms with van der Waals surface area (Å²) in [5.41, 5.74) is 2.08.